The Balaban J connectivity index is 1.73. The van der Waals surface area contributed by atoms with Crippen LogP contribution in [0.2, 0.25) is 0 Å². The molecule has 4 rings (SSSR count). The van der Waals surface area contributed by atoms with E-state index in [-0.39, 0.29) is 5.56 Å². The van der Waals surface area contributed by atoms with Gasteiger partial charge in [0.25, 0.3) is 0 Å². The van der Waals surface area contributed by atoms with Gasteiger partial charge in [-0.2, -0.15) is 0 Å². The first kappa shape index (κ1) is 14.1. The predicted molar refractivity (Wildman–Crippen MR) is 88.0 cm³/mol. The lowest BCUT2D eigenvalue weighted by Crippen LogP contribution is -2.00. The lowest BCUT2D eigenvalue weighted by atomic mass is 10.1. The minimum Gasteiger partial charge on any atom is -0.478 e. The molecule has 0 spiro atoms. The van der Waals surface area contributed by atoms with Crippen LogP contribution < -0.4 is 0 Å². The lowest BCUT2D eigenvalue weighted by molar-refractivity contribution is 0.0697. The van der Waals surface area contributed by atoms with Crippen molar-refractivity contribution in [2.45, 2.75) is 0 Å². The number of carboxylic acids is 1. The number of hydrogen-bond acceptors (Lipinski definition) is 4. The number of aromatic nitrogens is 5. The monoisotopic (exact) mass is 319 g/mol. The average molecular weight is 319 g/mol. The number of carbonyl (C=O) groups is 1. The second-order valence-electron chi connectivity index (χ2n) is 5.46. The molecular formula is C17H13N5O2. The van der Waals surface area contributed by atoms with Crippen molar-refractivity contribution >= 4 is 17.0 Å². The van der Waals surface area contributed by atoms with Gasteiger partial charge in [0, 0.05) is 12.6 Å². The van der Waals surface area contributed by atoms with Crippen molar-refractivity contribution in [3.05, 3.63) is 60.6 Å². The first-order valence-electron chi connectivity index (χ1n) is 7.29. The van der Waals surface area contributed by atoms with E-state index in [0.717, 1.165) is 16.6 Å². The van der Waals surface area contributed by atoms with E-state index in [1.807, 2.05) is 29.8 Å². The van der Waals surface area contributed by atoms with E-state index in [0.29, 0.717) is 11.4 Å². The van der Waals surface area contributed by atoms with Crippen LogP contribution in [0.5, 0.6) is 0 Å². The van der Waals surface area contributed by atoms with E-state index in [4.69, 9.17) is 5.11 Å². The number of nitrogens with zero attached hydrogens (tertiary/aromatic N) is 5. The van der Waals surface area contributed by atoms with Gasteiger partial charge < -0.3 is 9.67 Å². The average Bonchev–Trinajstić information content (AvgIpc) is 3.22. The van der Waals surface area contributed by atoms with Crippen molar-refractivity contribution in [2.24, 2.45) is 7.05 Å². The molecule has 1 N–H and O–H groups in total. The molecule has 0 radical (unpaired) electrons. The third-order valence-electron chi connectivity index (χ3n) is 3.87. The van der Waals surface area contributed by atoms with Crippen LogP contribution in [-0.2, 0) is 7.05 Å². The van der Waals surface area contributed by atoms with E-state index in [2.05, 4.69) is 15.3 Å². The summed E-state index contributed by atoms with van der Waals surface area (Å²) in [5, 5.41) is 17.4. The molecule has 2 heterocycles. The zero-order valence-electron chi connectivity index (χ0n) is 12.8. The molecule has 0 aliphatic heterocycles. The molecule has 2 aromatic heterocycles. The molecule has 0 fully saturated rings. The molecule has 24 heavy (non-hydrogen) atoms. The molecule has 118 valence electrons. The van der Waals surface area contributed by atoms with Gasteiger partial charge in [0.05, 0.1) is 34.8 Å². The van der Waals surface area contributed by atoms with Crippen LogP contribution in [0.25, 0.3) is 28.0 Å². The Morgan fingerprint density at radius 3 is 2.88 bits per heavy atom. The molecule has 0 aliphatic carbocycles. The molecular weight excluding hydrogens is 306 g/mol. The standard InChI is InChI=1S/C17H13N5O2/c1-21-10-18-14-8-11(5-6-16(14)21)15-9-22(20-19-15)13-4-2-3-12(7-13)17(23)24/h2-10H,1H3,(H,23,24). The second-order valence-corrected chi connectivity index (χ2v) is 5.46. The highest BCUT2D eigenvalue weighted by molar-refractivity contribution is 5.88. The Labute approximate surface area is 136 Å². The maximum Gasteiger partial charge on any atom is 0.335 e. The minimum atomic E-state index is -0.974. The van der Waals surface area contributed by atoms with E-state index in [1.54, 1.807) is 41.5 Å². The number of rotatable bonds is 3. The van der Waals surface area contributed by atoms with Crippen LogP contribution in [0.1, 0.15) is 10.4 Å². The Morgan fingerprint density at radius 2 is 2.04 bits per heavy atom. The van der Waals surface area contributed by atoms with Gasteiger partial charge in [-0.3, -0.25) is 0 Å². The number of benzene rings is 2. The molecule has 0 amide bonds. The summed E-state index contributed by atoms with van der Waals surface area (Å²) < 4.78 is 3.51. The fraction of sp³-hybridized carbons (Fsp3) is 0.0588. The summed E-state index contributed by atoms with van der Waals surface area (Å²) in [6.07, 6.45) is 3.54. The summed E-state index contributed by atoms with van der Waals surface area (Å²) in [5.41, 5.74) is 4.38. The molecule has 0 unspecified atom stereocenters. The van der Waals surface area contributed by atoms with Gasteiger partial charge >= 0.3 is 5.97 Å². The SMILES string of the molecule is Cn1cnc2cc(-c3cn(-c4cccc(C(=O)O)c4)nn3)ccc21. The molecule has 7 nitrogen and oxygen atoms in total. The molecule has 7 heteroatoms. The van der Waals surface area contributed by atoms with Crippen LogP contribution in [0.3, 0.4) is 0 Å². The number of imidazole rings is 1. The number of hydrogen-bond donors (Lipinski definition) is 1. The summed E-state index contributed by atoms with van der Waals surface area (Å²) in [7, 11) is 1.95. The third-order valence-corrected chi connectivity index (χ3v) is 3.87. The molecule has 0 aliphatic rings. The molecule has 4 aromatic rings. The Hall–Kier alpha value is -3.48. The quantitative estimate of drug-likeness (QED) is 0.627. The largest absolute Gasteiger partial charge is 0.478 e. The second kappa shape index (κ2) is 5.31. The Kier molecular flexibility index (Phi) is 3.13. The van der Waals surface area contributed by atoms with E-state index < -0.39 is 5.97 Å². The van der Waals surface area contributed by atoms with E-state index in [1.165, 1.54) is 0 Å². The van der Waals surface area contributed by atoms with Crippen molar-refractivity contribution in [1.29, 1.82) is 0 Å². The number of fused-ring (bicyclic) bond motifs is 1. The first-order valence-corrected chi connectivity index (χ1v) is 7.29. The minimum absolute atomic E-state index is 0.208. The topological polar surface area (TPSA) is 85.8 Å². The van der Waals surface area contributed by atoms with Crippen LogP contribution >= 0.6 is 0 Å². The first-order chi connectivity index (χ1) is 11.6. The zero-order valence-corrected chi connectivity index (χ0v) is 12.8. The van der Waals surface area contributed by atoms with Gasteiger partial charge in [-0.05, 0) is 30.3 Å². The van der Waals surface area contributed by atoms with Crippen LogP contribution in [0.4, 0.5) is 0 Å². The van der Waals surface area contributed by atoms with E-state index >= 15 is 0 Å². The van der Waals surface area contributed by atoms with Crippen molar-refractivity contribution in [3.8, 4) is 16.9 Å². The highest BCUT2D eigenvalue weighted by Crippen LogP contribution is 2.22. The highest BCUT2D eigenvalue weighted by Gasteiger charge is 2.09. The van der Waals surface area contributed by atoms with Crippen molar-refractivity contribution < 1.29 is 9.90 Å². The summed E-state index contributed by atoms with van der Waals surface area (Å²) in [5.74, 6) is -0.974. The normalized spacial score (nSPS) is 11.0. The van der Waals surface area contributed by atoms with Crippen molar-refractivity contribution in [1.82, 2.24) is 24.5 Å². The van der Waals surface area contributed by atoms with Gasteiger partial charge in [0.15, 0.2) is 0 Å². The molecule has 0 saturated heterocycles. The van der Waals surface area contributed by atoms with Crippen LogP contribution in [0, 0.1) is 0 Å². The number of aromatic carboxylic acids is 1. The summed E-state index contributed by atoms with van der Waals surface area (Å²) in [4.78, 5) is 15.4. The van der Waals surface area contributed by atoms with Crippen molar-refractivity contribution in [3.63, 3.8) is 0 Å². The summed E-state index contributed by atoms with van der Waals surface area (Å²) in [6, 6.07) is 12.5. The van der Waals surface area contributed by atoms with Crippen molar-refractivity contribution in [2.75, 3.05) is 0 Å². The lowest BCUT2D eigenvalue weighted by Gasteiger charge is -2.01. The van der Waals surface area contributed by atoms with Crippen LogP contribution in [-0.4, -0.2) is 35.6 Å². The molecule has 2 aromatic carbocycles. The van der Waals surface area contributed by atoms with Gasteiger partial charge in [-0.15, -0.1) is 5.10 Å². The fourth-order valence-electron chi connectivity index (χ4n) is 2.60. The predicted octanol–water partition coefficient (Wildman–Crippen LogP) is 2.52. The third kappa shape index (κ3) is 2.32. The zero-order chi connectivity index (χ0) is 16.7. The van der Waals surface area contributed by atoms with Gasteiger partial charge in [-0.1, -0.05) is 17.3 Å². The number of carboxylic acid groups (broad SMARTS) is 1. The van der Waals surface area contributed by atoms with Gasteiger partial charge in [-0.25, -0.2) is 14.5 Å². The maximum atomic E-state index is 11.1. The molecule has 0 saturated carbocycles. The maximum absolute atomic E-state index is 11.1. The molecule has 0 bridgehead atoms. The number of aryl methyl sites for hydroxylation is 1. The smallest absolute Gasteiger partial charge is 0.335 e. The Morgan fingerprint density at radius 1 is 1.17 bits per heavy atom. The van der Waals surface area contributed by atoms with Gasteiger partial charge in [0.2, 0.25) is 0 Å². The summed E-state index contributed by atoms with van der Waals surface area (Å²) in [6.45, 7) is 0. The highest BCUT2D eigenvalue weighted by atomic mass is 16.4. The Bertz CT molecular complexity index is 1060. The van der Waals surface area contributed by atoms with Crippen LogP contribution in [0.15, 0.2) is 55.0 Å². The molecule has 0 atom stereocenters. The van der Waals surface area contributed by atoms with E-state index in [9.17, 15) is 4.79 Å². The van der Waals surface area contributed by atoms with Gasteiger partial charge in [0.1, 0.15) is 5.69 Å². The summed E-state index contributed by atoms with van der Waals surface area (Å²) >= 11 is 0. The fourth-order valence-corrected chi connectivity index (χ4v) is 2.60.